The molecule has 0 saturated heterocycles. The van der Waals surface area contributed by atoms with Gasteiger partial charge in [0.1, 0.15) is 9.88 Å². The van der Waals surface area contributed by atoms with E-state index in [0.717, 1.165) is 16.9 Å². The van der Waals surface area contributed by atoms with Gasteiger partial charge in [0.15, 0.2) is 11.5 Å². The number of methoxy groups -OCH3 is 1. The van der Waals surface area contributed by atoms with Crippen LogP contribution in [0.15, 0.2) is 65.1 Å². The summed E-state index contributed by atoms with van der Waals surface area (Å²) >= 11 is 2.38. The maximum Gasteiger partial charge on any atom is 0.353 e. The summed E-state index contributed by atoms with van der Waals surface area (Å²) in [5.74, 6) is -0.578. The SMILES string of the molecule is COc1cc(C=NNC(=O)Cc2nnc(NC(=O)c3ccc(C)cc3)s2)ccc1OC(=O)c1cccs1. The van der Waals surface area contributed by atoms with Gasteiger partial charge in [-0.3, -0.25) is 14.9 Å². The van der Waals surface area contributed by atoms with Crippen molar-refractivity contribution < 1.29 is 23.9 Å². The van der Waals surface area contributed by atoms with Crippen LogP contribution in [0.25, 0.3) is 0 Å². The second-order valence-corrected chi connectivity index (χ2v) is 9.58. The molecular formula is C25H21N5O5S2. The van der Waals surface area contributed by atoms with E-state index in [1.165, 1.54) is 24.7 Å². The third kappa shape index (κ3) is 7.06. The molecule has 0 fully saturated rings. The Balaban J connectivity index is 1.29. The summed E-state index contributed by atoms with van der Waals surface area (Å²) in [6.07, 6.45) is 1.37. The highest BCUT2D eigenvalue weighted by Crippen LogP contribution is 2.29. The first-order valence-corrected chi connectivity index (χ1v) is 12.6. The van der Waals surface area contributed by atoms with Gasteiger partial charge in [0.25, 0.3) is 5.91 Å². The topological polar surface area (TPSA) is 132 Å². The van der Waals surface area contributed by atoms with E-state index in [1.54, 1.807) is 47.8 Å². The monoisotopic (exact) mass is 535 g/mol. The number of esters is 1. The van der Waals surface area contributed by atoms with Gasteiger partial charge in [-0.2, -0.15) is 5.10 Å². The molecule has 0 radical (unpaired) electrons. The molecule has 0 atom stereocenters. The van der Waals surface area contributed by atoms with Gasteiger partial charge < -0.3 is 9.47 Å². The Hall–Kier alpha value is -4.42. The molecule has 0 bridgehead atoms. The molecule has 4 rings (SSSR count). The molecule has 0 aliphatic rings. The Kier molecular flexibility index (Phi) is 8.33. The molecule has 2 aromatic carbocycles. The van der Waals surface area contributed by atoms with Gasteiger partial charge >= 0.3 is 5.97 Å². The number of carbonyl (C=O) groups is 3. The predicted octanol–water partition coefficient (Wildman–Crippen LogP) is 4.08. The fourth-order valence-electron chi connectivity index (χ4n) is 3.00. The summed E-state index contributed by atoms with van der Waals surface area (Å²) in [6.45, 7) is 1.94. The lowest BCUT2D eigenvalue weighted by Crippen LogP contribution is -2.19. The number of carbonyl (C=O) groups excluding carboxylic acids is 3. The summed E-state index contributed by atoms with van der Waals surface area (Å²) < 4.78 is 10.7. The van der Waals surface area contributed by atoms with Crippen molar-refractivity contribution in [2.75, 3.05) is 12.4 Å². The number of hydrazone groups is 1. The van der Waals surface area contributed by atoms with E-state index in [-0.39, 0.29) is 18.1 Å². The van der Waals surface area contributed by atoms with E-state index in [0.29, 0.717) is 31.9 Å². The quantitative estimate of drug-likeness (QED) is 0.143. The number of anilines is 1. The number of thiophene rings is 1. The number of hydrogen-bond acceptors (Lipinski definition) is 10. The molecule has 0 aliphatic heterocycles. The number of hydrogen-bond donors (Lipinski definition) is 2. The van der Waals surface area contributed by atoms with E-state index in [9.17, 15) is 14.4 Å². The van der Waals surface area contributed by atoms with Crippen LogP contribution in [0.4, 0.5) is 5.13 Å². The number of aryl methyl sites for hydroxylation is 1. The smallest absolute Gasteiger partial charge is 0.353 e. The van der Waals surface area contributed by atoms with Gasteiger partial charge in [-0.25, -0.2) is 10.2 Å². The van der Waals surface area contributed by atoms with Crippen LogP contribution in [0, 0.1) is 6.92 Å². The number of nitrogens with one attached hydrogen (secondary N) is 2. The van der Waals surface area contributed by atoms with Crippen LogP contribution in [0.5, 0.6) is 11.5 Å². The Labute approximate surface area is 220 Å². The Morgan fingerprint density at radius 3 is 2.59 bits per heavy atom. The van der Waals surface area contributed by atoms with Crippen molar-refractivity contribution >= 4 is 51.8 Å². The van der Waals surface area contributed by atoms with E-state index in [1.807, 2.05) is 19.1 Å². The van der Waals surface area contributed by atoms with Crippen LogP contribution >= 0.6 is 22.7 Å². The van der Waals surface area contributed by atoms with Crippen LogP contribution in [0.1, 0.15) is 36.2 Å². The van der Waals surface area contributed by atoms with Crippen LogP contribution < -0.4 is 20.2 Å². The van der Waals surface area contributed by atoms with Crippen molar-refractivity contribution in [1.82, 2.24) is 15.6 Å². The molecule has 2 N–H and O–H groups in total. The third-order valence-electron chi connectivity index (χ3n) is 4.83. The first-order valence-electron chi connectivity index (χ1n) is 10.9. The first kappa shape index (κ1) is 25.7. The normalized spacial score (nSPS) is 10.8. The second kappa shape index (κ2) is 12.0. The number of nitrogens with zero attached hydrogens (tertiary/aromatic N) is 3. The Bertz CT molecular complexity index is 1430. The molecule has 0 aliphatic carbocycles. The molecule has 2 heterocycles. The molecule has 37 heavy (non-hydrogen) atoms. The standard InChI is InChI=1S/C25H21N5O5S2/c1-15-5-8-17(9-6-15)23(32)27-25-30-29-22(37-25)13-21(31)28-26-14-16-7-10-18(19(12-16)34-2)35-24(33)20-4-3-11-36-20/h3-12,14H,13H2,1-2H3,(H,28,31)(H,27,30,32). The van der Waals surface area contributed by atoms with Crippen LogP contribution in [-0.2, 0) is 11.2 Å². The molecular weight excluding hydrogens is 514 g/mol. The summed E-state index contributed by atoms with van der Waals surface area (Å²) in [6, 6.07) is 15.4. The molecule has 10 nitrogen and oxygen atoms in total. The number of benzene rings is 2. The van der Waals surface area contributed by atoms with Crippen molar-refractivity contribution in [3.63, 3.8) is 0 Å². The molecule has 188 valence electrons. The predicted molar refractivity (Wildman–Crippen MR) is 141 cm³/mol. The molecule has 2 amide bonds. The average molecular weight is 536 g/mol. The van der Waals surface area contributed by atoms with Crippen LogP contribution in [0.3, 0.4) is 0 Å². The van der Waals surface area contributed by atoms with E-state index in [2.05, 4.69) is 26.0 Å². The van der Waals surface area contributed by atoms with E-state index in [4.69, 9.17) is 9.47 Å². The summed E-state index contributed by atoms with van der Waals surface area (Å²) in [5, 5.41) is 17.0. The van der Waals surface area contributed by atoms with E-state index >= 15 is 0 Å². The minimum Gasteiger partial charge on any atom is -0.493 e. The zero-order valence-electron chi connectivity index (χ0n) is 19.8. The number of aromatic nitrogens is 2. The number of ether oxygens (including phenoxy) is 2. The summed E-state index contributed by atoms with van der Waals surface area (Å²) in [7, 11) is 1.46. The largest absolute Gasteiger partial charge is 0.493 e. The maximum atomic E-state index is 12.3. The van der Waals surface area contributed by atoms with Gasteiger partial charge in [-0.15, -0.1) is 21.5 Å². The van der Waals surface area contributed by atoms with Gasteiger partial charge in [0, 0.05) is 5.56 Å². The highest BCUT2D eigenvalue weighted by molar-refractivity contribution is 7.15. The lowest BCUT2D eigenvalue weighted by molar-refractivity contribution is -0.120. The zero-order chi connectivity index (χ0) is 26.2. The van der Waals surface area contributed by atoms with Crippen molar-refractivity contribution in [2.24, 2.45) is 5.10 Å². The highest BCUT2D eigenvalue weighted by Gasteiger charge is 2.14. The second-order valence-electron chi connectivity index (χ2n) is 7.57. The number of amides is 2. The van der Waals surface area contributed by atoms with Gasteiger partial charge in [0.05, 0.1) is 19.7 Å². The van der Waals surface area contributed by atoms with Crippen LogP contribution in [0.2, 0.25) is 0 Å². The van der Waals surface area contributed by atoms with Gasteiger partial charge in [-0.05, 0) is 54.3 Å². The molecule has 0 saturated carbocycles. The maximum absolute atomic E-state index is 12.3. The van der Waals surface area contributed by atoms with Crippen molar-refractivity contribution in [3.8, 4) is 11.5 Å². The van der Waals surface area contributed by atoms with Crippen molar-refractivity contribution in [1.29, 1.82) is 0 Å². The first-order chi connectivity index (χ1) is 17.9. The fourth-order valence-corrected chi connectivity index (χ4v) is 4.33. The summed E-state index contributed by atoms with van der Waals surface area (Å²) in [5.41, 5.74) is 4.59. The Morgan fingerprint density at radius 1 is 1.05 bits per heavy atom. The third-order valence-corrected chi connectivity index (χ3v) is 6.52. The average Bonchev–Trinajstić information content (AvgIpc) is 3.58. The minimum absolute atomic E-state index is 0.0592. The Morgan fingerprint density at radius 2 is 1.86 bits per heavy atom. The van der Waals surface area contributed by atoms with E-state index < -0.39 is 11.9 Å². The van der Waals surface area contributed by atoms with Crippen molar-refractivity contribution in [3.05, 3.63) is 86.6 Å². The molecule has 0 spiro atoms. The summed E-state index contributed by atoms with van der Waals surface area (Å²) in [4.78, 5) is 37.2. The number of rotatable bonds is 9. The lowest BCUT2D eigenvalue weighted by atomic mass is 10.1. The van der Waals surface area contributed by atoms with Gasteiger partial charge in [0.2, 0.25) is 11.0 Å². The minimum atomic E-state index is -0.475. The van der Waals surface area contributed by atoms with Crippen LogP contribution in [-0.4, -0.2) is 41.3 Å². The molecule has 0 unspecified atom stereocenters. The lowest BCUT2D eigenvalue weighted by Gasteiger charge is -2.09. The molecule has 4 aromatic rings. The van der Waals surface area contributed by atoms with Crippen molar-refractivity contribution in [2.45, 2.75) is 13.3 Å². The highest BCUT2D eigenvalue weighted by atomic mass is 32.1. The fraction of sp³-hybridized carbons (Fsp3) is 0.120. The van der Waals surface area contributed by atoms with Gasteiger partial charge in [-0.1, -0.05) is 35.1 Å². The molecule has 12 heteroatoms. The molecule has 2 aromatic heterocycles. The zero-order valence-corrected chi connectivity index (χ0v) is 21.4.